The second-order valence-corrected chi connectivity index (χ2v) is 6.00. The molecule has 2 aromatic carbocycles. The molecule has 3 nitrogen and oxygen atoms in total. The summed E-state index contributed by atoms with van der Waals surface area (Å²) in [7, 11) is 0. The van der Waals surface area contributed by atoms with Gasteiger partial charge < -0.3 is 10.3 Å². The number of anilines is 1. The van der Waals surface area contributed by atoms with Crippen molar-refractivity contribution >= 4 is 45.9 Å². The van der Waals surface area contributed by atoms with Gasteiger partial charge in [-0.2, -0.15) is 0 Å². The Balaban J connectivity index is 1.62. The third-order valence-electron chi connectivity index (χ3n) is 3.04. The second-order valence-electron chi connectivity index (χ2n) is 4.54. The molecular formula is C16H13ClN2OS. The molecule has 0 fully saturated rings. The van der Waals surface area contributed by atoms with Crippen LogP contribution in [0.15, 0.2) is 59.6 Å². The van der Waals surface area contributed by atoms with Crippen molar-refractivity contribution in [3.8, 4) is 0 Å². The number of amides is 1. The van der Waals surface area contributed by atoms with Gasteiger partial charge in [-0.3, -0.25) is 4.79 Å². The lowest BCUT2D eigenvalue weighted by Crippen LogP contribution is -2.13. The van der Waals surface area contributed by atoms with E-state index in [0.717, 1.165) is 21.5 Å². The van der Waals surface area contributed by atoms with Crippen LogP contribution in [0.1, 0.15) is 0 Å². The van der Waals surface area contributed by atoms with Crippen LogP contribution in [0.2, 0.25) is 5.02 Å². The predicted octanol–water partition coefficient (Wildman–Crippen LogP) is 4.55. The molecule has 0 radical (unpaired) electrons. The number of aromatic amines is 1. The van der Waals surface area contributed by atoms with E-state index in [4.69, 9.17) is 11.6 Å². The summed E-state index contributed by atoms with van der Waals surface area (Å²) >= 11 is 7.33. The van der Waals surface area contributed by atoms with Crippen molar-refractivity contribution in [1.29, 1.82) is 0 Å². The van der Waals surface area contributed by atoms with Crippen LogP contribution in [-0.4, -0.2) is 16.6 Å². The van der Waals surface area contributed by atoms with Gasteiger partial charge in [0, 0.05) is 32.7 Å². The highest BCUT2D eigenvalue weighted by Crippen LogP contribution is 2.27. The fourth-order valence-electron chi connectivity index (χ4n) is 2.04. The molecule has 106 valence electrons. The number of benzene rings is 2. The molecule has 1 amide bonds. The van der Waals surface area contributed by atoms with Gasteiger partial charge in [-0.25, -0.2) is 0 Å². The van der Waals surface area contributed by atoms with Crippen LogP contribution in [0.4, 0.5) is 5.69 Å². The first-order valence-electron chi connectivity index (χ1n) is 6.47. The number of carbonyl (C=O) groups is 1. The minimum atomic E-state index is -0.0346. The number of hydrogen-bond donors (Lipinski definition) is 2. The van der Waals surface area contributed by atoms with E-state index in [0.29, 0.717) is 10.8 Å². The summed E-state index contributed by atoms with van der Waals surface area (Å²) in [6, 6.07) is 15.1. The fraction of sp³-hybridized carbons (Fsp3) is 0.0625. The number of hydrogen-bond acceptors (Lipinski definition) is 2. The molecular weight excluding hydrogens is 304 g/mol. The maximum absolute atomic E-state index is 12.0. The van der Waals surface area contributed by atoms with Crippen LogP contribution in [0.5, 0.6) is 0 Å². The van der Waals surface area contributed by atoms with E-state index in [1.165, 1.54) is 11.8 Å². The first kappa shape index (κ1) is 14.0. The summed E-state index contributed by atoms with van der Waals surface area (Å²) < 4.78 is 0. The van der Waals surface area contributed by atoms with Crippen molar-refractivity contribution in [2.45, 2.75) is 4.90 Å². The van der Waals surface area contributed by atoms with Crippen molar-refractivity contribution < 1.29 is 4.79 Å². The van der Waals surface area contributed by atoms with Gasteiger partial charge in [0.1, 0.15) is 0 Å². The average Bonchev–Trinajstić information content (AvgIpc) is 2.91. The molecule has 0 unspecified atom stereocenters. The Hall–Kier alpha value is -1.91. The van der Waals surface area contributed by atoms with Gasteiger partial charge in [-0.05, 0) is 30.3 Å². The van der Waals surface area contributed by atoms with Gasteiger partial charge in [-0.1, -0.05) is 29.8 Å². The molecule has 0 saturated heterocycles. The van der Waals surface area contributed by atoms with Crippen molar-refractivity contribution in [3.63, 3.8) is 0 Å². The lowest BCUT2D eigenvalue weighted by Gasteiger charge is -2.04. The zero-order valence-corrected chi connectivity index (χ0v) is 12.7. The third-order valence-corrected chi connectivity index (χ3v) is 4.35. The molecule has 5 heteroatoms. The van der Waals surface area contributed by atoms with Crippen LogP contribution >= 0.6 is 23.4 Å². The number of fused-ring (bicyclic) bond motifs is 1. The summed E-state index contributed by atoms with van der Waals surface area (Å²) in [5.41, 5.74) is 1.84. The number of halogens is 1. The number of H-pyrrole nitrogens is 1. The fourth-order valence-corrected chi connectivity index (χ4v) is 3.00. The lowest BCUT2D eigenvalue weighted by molar-refractivity contribution is -0.113. The van der Waals surface area contributed by atoms with Gasteiger partial charge in [0.15, 0.2) is 0 Å². The summed E-state index contributed by atoms with van der Waals surface area (Å²) in [4.78, 5) is 16.2. The van der Waals surface area contributed by atoms with E-state index in [1.54, 1.807) is 24.3 Å². The Kier molecular flexibility index (Phi) is 4.18. The number of aromatic nitrogens is 1. The SMILES string of the molecule is O=C(CSc1c[nH]c2ccccc12)Nc1ccc(Cl)cc1. The number of nitrogens with one attached hydrogen (secondary N) is 2. The van der Waals surface area contributed by atoms with Crippen molar-refractivity contribution in [2.24, 2.45) is 0 Å². The van der Waals surface area contributed by atoms with E-state index in [-0.39, 0.29) is 5.91 Å². The van der Waals surface area contributed by atoms with E-state index in [1.807, 2.05) is 30.5 Å². The molecule has 3 rings (SSSR count). The Morgan fingerprint density at radius 3 is 2.71 bits per heavy atom. The highest BCUT2D eigenvalue weighted by Gasteiger charge is 2.07. The number of rotatable bonds is 4. The first-order valence-corrected chi connectivity index (χ1v) is 7.83. The van der Waals surface area contributed by atoms with Crippen molar-refractivity contribution in [1.82, 2.24) is 4.98 Å². The maximum atomic E-state index is 12.0. The van der Waals surface area contributed by atoms with Gasteiger partial charge in [0.2, 0.25) is 5.91 Å². The zero-order valence-electron chi connectivity index (χ0n) is 11.1. The minimum absolute atomic E-state index is 0.0346. The number of carbonyl (C=O) groups excluding carboxylic acids is 1. The highest BCUT2D eigenvalue weighted by molar-refractivity contribution is 8.00. The highest BCUT2D eigenvalue weighted by atomic mass is 35.5. The third kappa shape index (κ3) is 3.40. The van der Waals surface area contributed by atoms with Crippen molar-refractivity contribution in [2.75, 3.05) is 11.1 Å². The van der Waals surface area contributed by atoms with Crippen LogP contribution in [0.25, 0.3) is 10.9 Å². The monoisotopic (exact) mass is 316 g/mol. The van der Waals surface area contributed by atoms with Crippen LogP contribution in [-0.2, 0) is 4.79 Å². The molecule has 21 heavy (non-hydrogen) atoms. The number of thioether (sulfide) groups is 1. The molecule has 3 aromatic rings. The minimum Gasteiger partial charge on any atom is -0.360 e. The van der Waals surface area contributed by atoms with Crippen LogP contribution in [0, 0.1) is 0 Å². The normalized spacial score (nSPS) is 10.7. The Labute approximate surface area is 131 Å². The molecule has 0 atom stereocenters. The van der Waals surface area contributed by atoms with Crippen LogP contribution < -0.4 is 5.32 Å². The van der Waals surface area contributed by atoms with E-state index in [2.05, 4.69) is 10.3 Å². The lowest BCUT2D eigenvalue weighted by atomic mass is 10.2. The van der Waals surface area contributed by atoms with E-state index < -0.39 is 0 Å². The van der Waals surface area contributed by atoms with Crippen LogP contribution in [0.3, 0.4) is 0 Å². The van der Waals surface area contributed by atoms with Gasteiger partial charge in [0.05, 0.1) is 5.75 Å². The average molecular weight is 317 g/mol. The quantitative estimate of drug-likeness (QED) is 0.693. The smallest absolute Gasteiger partial charge is 0.234 e. The molecule has 0 aliphatic rings. The molecule has 2 N–H and O–H groups in total. The molecule has 1 aromatic heterocycles. The molecule has 0 bridgehead atoms. The topological polar surface area (TPSA) is 44.9 Å². The largest absolute Gasteiger partial charge is 0.360 e. The van der Waals surface area contributed by atoms with E-state index >= 15 is 0 Å². The van der Waals surface area contributed by atoms with Gasteiger partial charge in [0.25, 0.3) is 0 Å². The summed E-state index contributed by atoms with van der Waals surface area (Å²) in [5.74, 6) is 0.331. The van der Waals surface area contributed by atoms with Crippen molar-refractivity contribution in [3.05, 3.63) is 59.8 Å². The molecule has 1 heterocycles. The molecule has 0 aliphatic carbocycles. The van der Waals surface area contributed by atoms with Gasteiger partial charge in [-0.15, -0.1) is 11.8 Å². The Morgan fingerprint density at radius 2 is 1.90 bits per heavy atom. The standard InChI is InChI=1S/C16H13ClN2OS/c17-11-5-7-12(8-6-11)19-16(20)10-21-15-9-18-14-4-2-1-3-13(14)15/h1-9,18H,10H2,(H,19,20). The molecule has 0 aliphatic heterocycles. The summed E-state index contributed by atoms with van der Waals surface area (Å²) in [6.07, 6.45) is 1.94. The Bertz CT molecular complexity index is 767. The molecule has 0 spiro atoms. The summed E-state index contributed by atoms with van der Waals surface area (Å²) in [5, 5.41) is 4.65. The maximum Gasteiger partial charge on any atom is 0.234 e. The number of para-hydroxylation sites is 1. The molecule has 0 saturated carbocycles. The predicted molar refractivity (Wildman–Crippen MR) is 89.1 cm³/mol. The zero-order chi connectivity index (χ0) is 14.7. The second kappa shape index (κ2) is 6.24. The summed E-state index contributed by atoms with van der Waals surface area (Å²) in [6.45, 7) is 0. The van der Waals surface area contributed by atoms with Gasteiger partial charge >= 0.3 is 0 Å². The first-order chi connectivity index (χ1) is 10.2. The Morgan fingerprint density at radius 1 is 1.14 bits per heavy atom. The van der Waals surface area contributed by atoms with E-state index in [9.17, 15) is 4.79 Å².